The van der Waals surface area contributed by atoms with E-state index >= 15 is 0 Å². The smallest absolute Gasteiger partial charge is 0.333 e. The van der Waals surface area contributed by atoms with Crippen molar-refractivity contribution < 1.29 is 17.9 Å². The molecule has 0 saturated carbocycles. The first-order chi connectivity index (χ1) is 15.4. The number of aryl methyl sites for hydroxylation is 1. The van der Waals surface area contributed by atoms with Crippen molar-refractivity contribution in [2.75, 3.05) is 5.32 Å². The minimum absolute atomic E-state index is 0.0122. The van der Waals surface area contributed by atoms with Crippen molar-refractivity contribution in [1.82, 2.24) is 9.71 Å². The van der Waals surface area contributed by atoms with Crippen LogP contribution in [0.1, 0.15) is 11.3 Å². The van der Waals surface area contributed by atoms with Gasteiger partial charge in [0.15, 0.2) is 0 Å². The lowest BCUT2D eigenvalue weighted by molar-refractivity contribution is 0.256. The third-order valence-corrected chi connectivity index (χ3v) is 6.04. The van der Waals surface area contributed by atoms with Crippen molar-refractivity contribution in [3.63, 3.8) is 0 Å². The molecule has 1 aromatic heterocycles. The lowest BCUT2D eigenvalue weighted by Crippen LogP contribution is -2.34. The van der Waals surface area contributed by atoms with E-state index in [1.54, 1.807) is 36.4 Å². The highest BCUT2D eigenvalue weighted by Crippen LogP contribution is 2.19. The van der Waals surface area contributed by atoms with Gasteiger partial charge in [0.25, 0.3) is 10.0 Å². The number of sulfonamides is 1. The first-order valence-electron chi connectivity index (χ1n) is 9.87. The highest BCUT2D eigenvalue weighted by molar-refractivity contribution is 7.90. The number of aromatic nitrogens is 1. The van der Waals surface area contributed by atoms with E-state index in [1.807, 2.05) is 48.0 Å². The summed E-state index contributed by atoms with van der Waals surface area (Å²) in [5.74, 6) is 0.513. The Labute approximate surface area is 186 Å². The van der Waals surface area contributed by atoms with E-state index in [4.69, 9.17) is 4.74 Å². The molecule has 0 spiro atoms. The van der Waals surface area contributed by atoms with E-state index in [-0.39, 0.29) is 11.5 Å². The minimum Gasteiger partial charge on any atom is -0.487 e. The average molecular weight is 448 g/mol. The number of carbonyl (C=O) groups is 1. The number of fused-ring (bicyclic) bond motifs is 1. The number of benzene rings is 3. The molecule has 0 aliphatic heterocycles. The Morgan fingerprint density at radius 2 is 1.72 bits per heavy atom. The molecule has 4 aromatic rings. The zero-order chi connectivity index (χ0) is 22.6. The fourth-order valence-electron chi connectivity index (χ4n) is 3.06. The number of hydrogen-bond donors (Lipinski definition) is 2. The van der Waals surface area contributed by atoms with Crippen LogP contribution in [0, 0.1) is 6.92 Å². The molecule has 0 aliphatic carbocycles. The number of carbonyl (C=O) groups excluding carboxylic acids is 1. The number of amides is 2. The highest BCUT2D eigenvalue weighted by atomic mass is 32.2. The maximum Gasteiger partial charge on any atom is 0.333 e. The van der Waals surface area contributed by atoms with Gasteiger partial charge in [0.1, 0.15) is 12.4 Å². The Balaban J connectivity index is 1.38. The van der Waals surface area contributed by atoms with E-state index in [0.717, 1.165) is 22.2 Å². The number of urea groups is 1. The Morgan fingerprint density at radius 1 is 0.938 bits per heavy atom. The number of anilines is 1. The van der Waals surface area contributed by atoms with E-state index in [9.17, 15) is 13.2 Å². The maximum atomic E-state index is 12.4. The van der Waals surface area contributed by atoms with Crippen molar-refractivity contribution in [2.45, 2.75) is 18.4 Å². The summed E-state index contributed by atoms with van der Waals surface area (Å²) in [4.78, 5) is 16.8. The number of pyridine rings is 1. The van der Waals surface area contributed by atoms with E-state index in [2.05, 4.69) is 10.3 Å². The van der Waals surface area contributed by atoms with Crippen LogP contribution in [0.2, 0.25) is 0 Å². The van der Waals surface area contributed by atoms with Gasteiger partial charge in [-0.2, -0.15) is 0 Å². The molecule has 0 bridgehead atoms. The maximum absolute atomic E-state index is 12.4. The first kappa shape index (κ1) is 21.3. The van der Waals surface area contributed by atoms with Crippen LogP contribution in [0.5, 0.6) is 5.75 Å². The Bertz CT molecular complexity index is 1370. The van der Waals surface area contributed by atoms with E-state index in [1.165, 1.54) is 12.1 Å². The minimum atomic E-state index is -3.97. The lowest BCUT2D eigenvalue weighted by Gasteiger charge is -2.11. The quantitative estimate of drug-likeness (QED) is 0.449. The molecule has 2 N–H and O–H groups in total. The zero-order valence-electron chi connectivity index (χ0n) is 17.3. The number of hydrogen-bond acceptors (Lipinski definition) is 5. The molecule has 0 radical (unpaired) electrons. The molecule has 4 rings (SSSR count). The number of nitrogens with zero attached hydrogens (tertiary/aromatic N) is 1. The van der Waals surface area contributed by atoms with Crippen LogP contribution in [-0.4, -0.2) is 19.4 Å². The molecule has 0 saturated heterocycles. The topological polar surface area (TPSA) is 97.4 Å². The lowest BCUT2D eigenvalue weighted by atomic mass is 10.2. The summed E-state index contributed by atoms with van der Waals surface area (Å²) in [5.41, 5.74) is 2.97. The highest BCUT2D eigenvalue weighted by Gasteiger charge is 2.17. The number of ether oxygens (including phenoxy) is 1. The number of nitrogens with one attached hydrogen (secondary N) is 2. The van der Waals surface area contributed by atoms with Crippen molar-refractivity contribution >= 4 is 32.6 Å². The summed E-state index contributed by atoms with van der Waals surface area (Å²) in [6.45, 7) is 2.10. The number of para-hydroxylation sites is 1. The SMILES string of the molecule is Cc1ccc(S(=O)(=O)NC(=O)Nc2cccc(OCc3ccc4ccccc4n3)c2)cc1. The van der Waals surface area contributed by atoms with Crippen molar-refractivity contribution in [1.29, 1.82) is 0 Å². The molecule has 162 valence electrons. The Kier molecular flexibility index (Phi) is 6.04. The van der Waals surface area contributed by atoms with Crippen molar-refractivity contribution in [3.8, 4) is 5.75 Å². The zero-order valence-corrected chi connectivity index (χ0v) is 18.1. The summed E-state index contributed by atoms with van der Waals surface area (Å²) in [7, 11) is -3.97. The van der Waals surface area contributed by atoms with Gasteiger partial charge in [-0.3, -0.25) is 0 Å². The molecule has 1 heterocycles. The van der Waals surface area contributed by atoms with Crippen molar-refractivity contribution in [3.05, 3.63) is 96.2 Å². The van der Waals surface area contributed by atoms with Gasteiger partial charge in [-0.1, -0.05) is 48.0 Å². The molecule has 2 amide bonds. The van der Waals surface area contributed by atoms with Crippen LogP contribution in [-0.2, 0) is 16.6 Å². The second-order valence-electron chi connectivity index (χ2n) is 7.18. The first-order valence-corrected chi connectivity index (χ1v) is 11.4. The largest absolute Gasteiger partial charge is 0.487 e. The monoisotopic (exact) mass is 447 g/mol. The normalized spacial score (nSPS) is 11.2. The van der Waals surface area contributed by atoms with Crippen LogP contribution < -0.4 is 14.8 Å². The van der Waals surface area contributed by atoms with Crippen LogP contribution in [0.15, 0.2) is 89.8 Å². The Morgan fingerprint density at radius 3 is 2.53 bits per heavy atom. The third-order valence-electron chi connectivity index (χ3n) is 4.69. The van der Waals surface area contributed by atoms with Gasteiger partial charge >= 0.3 is 6.03 Å². The van der Waals surface area contributed by atoms with Crippen molar-refractivity contribution in [2.24, 2.45) is 0 Å². The van der Waals surface area contributed by atoms with Crippen LogP contribution >= 0.6 is 0 Å². The third kappa shape index (κ3) is 5.22. The summed E-state index contributed by atoms with van der Waals surface area (Å²) in [6.07, 6.45) is 0. The van der Waals surface area contributed by atoms with Gasteiger partial charge < -0.3 is 10.1 Å². The van der Waals surface area contributed by atoms with Gasteiger partial charge in [0.05, 0.1) is 16.1 Å². The summed E-state index contributed by atoms with van der Waals surface area (Å²) in [5, 5.41) is 3.57. The molecular formula is C24H21N3O4S. The molecule has 0 unspecified atom stereocenters. The molecule has 0 fully saturated rings. The molecule has 0 atom stereocenters. The van der Waals surface area contributed by atoms with Gasteiger partial charge in [-0.05, 0) is 43.3 Å². The fourth-order valence-corrected chi connectivity index (χ4v) is 3.97. The second kappa shape index (κ2) is 9.07. The van der Waals surface area contributed by atoms with E-state index < -0.39 is 16.1 Å². The van der Waals surface area contributed by atoms with Crippen LogP contribution in [0.4, 0.5) is 10.5 Å². The predicted molar refractivity (Wildman–Crippen MR) is 123 cm³/mol. The van der Waals surface area contributed by atoms with E-state index in [0.29, 0.717) is 11.4 Å². The molecule has 8 heteroatoms. The Hall–Kier alpha value is -3.91. The molecule has 3 aromatic carbocycles. The fraction of sp³-hybridized carbons (Fsp3) is 0.0833. The average Bonchev–Trinajstić information content (AvgIpc) is 2.77. The summed E-state index contributed by atoms with van der Waals surface area (Å²) >= 11 is 0. The molecule has 0 aliphatic rings. The molecular weight excluding hydrogens is 426 g/mol. The van der Waals surface area contributed by atoms with Gasteiger partial charge in [0, 0.05) is 17.1 Å². The molecule has 7 nitrogen and oxygen atoms in total. The summed E-state index contributed by atoms with van der Waals surface area (Å²) < 4.78 is 32.5. The standard InChI is InChI=1S/C24H21N3O4S/c1-17-9-13-22(14-10-17)32(29,30)27-24(28)26-19-6-4-7-21(15-19)31-16-20-12-11-18-5-2-3-8-23(18)25-20/h2-15H,16H2,1H3,(H2,26,27,28). The second-order valence-corrected chi connectivity index (χ2v) is 8.87. The van der Waals surface area contributed by atoms with Gasteiger partial charge in [-0.15, -0.1) is 0 Å². The summed E-state index contributed by atoms with van der Waals surface area (Å²) in [6, 6.07) is 23.7. The number of rotatable bonds is 6. The van der Waals surface area contributed by atoms with Gasteiger partial charge in [0.2, 0.25) is 0 Å². The molecule has 32 heavy (non-hydrogen) atoms. The van der Waals surface area contributed by atoms with Gasteiger partial charge in [-0.25, -0.2) is 22.9 Å². The van der Waals surface area contributed by atoms with Crippen LogP contribution in [0.25, 0.3) is 10.9 Å². The predicted octanol–water partition coefficient (Wildman–Crippen LogP) is 4.63. The van der Waals surface area contributed by atoms with Crippen LogP contribution in [0.3, 0.4) is 0 Å².